The van der Waals surface area contributed by atoms with E-state index in [4.69, 9.17) is 0 Å². The molecule has 0 radical (unpaired) electrons. The Morgan fingerprint density at radius 1 is 0.404 bits per heavy atom. The molecule has 8 heteroatoms. The van der Waals surface area contributed by atoms with E-state index in [1.54, 1.807) is 0 Å². The lowest BCUT2D eigenvalue weighted by Crippen LogP contribution is -2.60. The van der Waals surface area contributed by atoms with Crippen LogP contribution in [0.2, 0.25) is 0 Å². The molecular weight excluding hydrogens is 641 g/mol. The molecule has 52 heavy (non-hydrogen) atoms. The number of hydrogen-bond donors (Lipinski definition) is 4. The van der Waals surface area contributed by atoms with Gasteiger partial charge < -0.3 is 21.3 Å². The van der Waals surface area contributed by atoms with Crippen molar-refractivity contribution in [2.24, 2.45) is 0 Å². The number of benzene rings is 4. The molecule has 0 aromatic heterocycles. The summed E-state index contributed by atoms with van der Waals surface area (Å²) in [4.78, 5) is 10.4. The van der Waals surface area contributed by atoms with Gasteiger partial charge in [0.05, 0.1) is 35.5 Å². The first-order valence-corrected chi connectivity index (χ1v) is 19.7. The highest BCUT2D eigenvalue weighted by molar-refractivity contribution is 5.81. The summed E-state index contributed by atoms with van der Waals surface area (Å²) >= 11 is 0. The zero-order chi connectivity index (χ0) is 34.8. The largest absolute Gasteiger partial charge is 0.368 e. The molecule has 266 valence electrons. The van der Waals surface area contributed by atoms with Crippen molar-refractivity contribution in [3.63, 3.8) is 0 Å². The first-order valence-electron chi connectivity index (χ1n) is 19.7. The Morgan fingerprint density at radius 3 is 1.23 bits per heavy atom. The fourth-order valence-electron chi connectivity index (χ4n) is 13.8. The average molecular weight is 691 g/mol. The van der Waals surface area contributed by atoms with Gasteiger partial charge in [-0.15, -0.1) is 0 Å². The van der Waals surface area contributed by atoms with Crippen molar-refractivity contribution in [2.75, 3.05) is 75.6 Å². The van der Waals surface area contributed by atoms with Crippen LogP contribution in [-0.4, -0.2) is 98.6 Å². The number of anilines is 4. The van der Waals surface area contributed by atoms with Gasteiger partial charge in [-0.1, -0.05) is 72.8 Å². The van der Waals surface area contributed by atoms with Gasteiger partial charge >= 0.3 is 0 Å². The van der Waals surface area contributed by atoms with Crippen LogP contribution in [0.5, 0.6) is 0 Å². The SMILES string of the molecule is CN1CC[C@@]2(c3cccc4c3N[C@@H]3N(C)CC[C@]43[C@]34CCN(C)[C@H]3Nc3c([C@@]56CCN(C)[C@@H]5Nc5ccccc56)cccc34)c3ccccc3N[C@H]12. The Hall–Kier alpha value is -4.08. The second kappa shape index (κ2) is 9.91. The van der Waals surface area contributed by atoms with Crippen LogP contribution in [0.4, 0.5) is 22.7 Å². The highest BCUT2D eigenvalue weighted by Crippen LogP contribution is 2.69. The molecule has 8 nitrogen and oxygen atoms in total. The zero-order valence-electron chi connectivity index (χ0n) is 30.8. The third kappa shape index (κ3) is 3.17. The van der Waals surface area contributed by atoms with Crippen molar-refractivity contribution in [3.05, 3.63) is 118 Å². The Kier molecular flexibility index (Phi) is 5.79. The molecule has 8 atom stereocenters. The van der Waals surface area contributed by atoms with Crippen LogP contribution < -0.4 is 21.3 Å². The maximum atomic E-state index is 4.36. The molecule has 0 saturated carbocycles. The molecule has 0 amide bonds. The van der Waals surface area contributed by atoms with E-state index >= 15 is 0 Å². The van der Waals surface area contributed by atoms with E-state index in [1.165, 1.54) is 56.1 Å². The van der Waals surface area contributed by atoms with Crippen molar-refractivity contribution >= 4 is 22.7 Å². The molecule has 4 saturated heterocycles. The summed E-state index contributed by atoms with van der Waals surface area (Å²) in [5.74, 6) is 0. The van der Waals surface area contributed by atoms with Gasteiger partial charge in [-0.25, -0.2) is 0 Å². The van der Waals surface area contributed by atoms with E-state index in [9.17, 15) is 0 Å². The minimum atomic E-state index is -0.101. The van der Waals surface area contributed by atoms with E-state index in [0.29, 0.717) is 0 Å². The fraction of sp³-hybridized carbons (Fsp3) is 0.455. The van der Waals surface area contributed by atoms with Crippen LogP contribution in [0.1, 0.15) is 59.1 Å². The summed E-state index contributed by atoms with van der Waals surface area (Å²) in [5.41, 5.74) is 13.9. The molecule has 12 rings (SSSR count). The summed E-state index contributed by atoms with van der Waals surface area (Å²) in [6.07, 6.45) is 5.41. The summed E-state index contributed by atoms with van der Waals surface area (Å²) in [6, 6.07) is 33.0. The zero-order valence-corrected chi connectivity index (χ0v) is 30.8. The fourth-order valence-corrected chi connectivity index (χ4v) is 13.8. The Labute approximate surface area is 307 Å². The third-order valence-corrected chi connectivity index (χ3v) is 15.9. The maximum Gasteiger partial charge on any atom is 0.0933 e. The molecule has 8 heterocycles. The lowest BCUT2D eigenvalue weighted by atomic mass is 9.54. The molecule has 8 aliphatic heterocycles. The van der Waals surface area contributed by atoms with Crippen LogP contribution in [0.15, 0.2) is 84.9 Å². The van der Waals surface area contributed by atoms with Crippen molar-refractivity contribution in [1.29, 1.82) is 0 Å². The molecule has 0 unspecified atom stereocenters. The van der Waals surface area contributed by atoms with E-state index in [1.807, 2.05) is 0 Å². The van der Waals surface area contributed by atoms with Crippen molar-refractivity contribution in [2.45, 2.75) is 72.0 Å². The Bertz CT molecular complexity index is 2030. The molecule has 4 N–H and O–H groups in total. The van der Waals surface area contributed by atoms with Crippen LogP contribution in [-0.2, 0) is 21.7 Å². The van der Waals surface area contributed by atoms with Gasteiger partial charge in [-0.3, -0.25) is 19.6 Å². The molecule has 4 fully saturated rings. The molecule has 0 aliphatic carbocycles. The van der Waals surface area contributed by atoms with E-state index in [-0.39, 0.29) is 46.3 Å². The van der Waals surface area contributed by atoms with Gasteiger partial charge in [-0.2, -0.15) is 0 Å². The number of rotatable bonds is 3. The topological polar surface area (TPSA) is 61.1 Å². The second-order valence-corrected chi connectivity index (χ2v) is 17.5. The average Bonchev–Trinajstić information content (AvgIpc) is 4.03. The molecule has 4 aromatic rings. The maximum absolute atomic E-state index is 4.36. The molecule has 8 aliphatic rings. The number of nitrogens with one attached hydrogen (secondary N) is 4. The van der Waals surface area contributed by atoms with Crippen molar-refractivity contribution in [3.8, 4) is 0 Å². The van der Waals surface area contributed by atoms with Crippen molar-refractivity contribution < 1.29 is 0 Å². The lowest BCUT2D eigenvalue weighted by Gasteiger charge is -2.48. The third-order valence-electron chi connectivity index (χ3n) is 15.9. The van der Waals surface area contributed by atoms with E-state index in [0.717, 1.165) is 51.9 Å². The number of fused-ring (bicyclic) bond motifs is 13. The number of likely N-dealkylation sites (N-methyl/N-ethyl adjacent to an activating group) is 4. The highest BCUT2D eigenvalue weighted by atomic mass is 15.4. The molecule has 4 aromatic carbocycles. The Morgan fingerprint density at radius 2 is 0.769 bits per heavy atom. The van der Waals surface area contributed by atoms with Gasteiger partial charge in [0.2, 0.25) is 0 Å². The first kappa shape index (κ1) is 30.4. The summed E-state index contributed by atoms with van der Waals surface area (Å²) < 4.78 is 0. The summed E-state index contributed by atoms with van der Waals surface area (Å²) in [7, 11) is 9.33. The monoisotopic (exact) mass is 690 g/mol. The normalized spacial score (nSPS) is 38.0. The van der Waals surface area contributed by atoms with Crippen LogP contribution in [0.3, 0.4) is 0 Å². The number of likely N-dealkylation sites (tertiary alicyclic amines) is 4. The minimum absolute atomic E-state index is 0.100. The van der Waals surface area contributed by atoms with Gasteiger partial charge in [0.1, 0.15) is 0 Å². The second-order valence-electron chi connectivity index (χ2n) is 17.5. The van der Waals surface area contributed by atoms with Crippen LogP contribution in [0, 0.1) is 0 Å². The van der Waals surface area contributed by atoms with Gasteiger partial charge in [0.15, 0.2) is 0 Å². The smallest absolute Gasteiger partial charge is 0.0933 e. The molecular formula is C44H50N8. The van der Waals surface area contributed by atoms with Gasteiger partial charge in [0.25, 0.3) is 0 Å². The Balaban J connectivity index is 1.09. The van der Waals surface area contributed by atoms with Crippen molar-refractivity contribution in [1.82, 2.24) is 19.6 Å². The number of nitrogens with zero attached hydrogens (tertiary/aromatic N) is 4. The first-order chi connectivity index (χ1) is 25.4. The lowest BCUT2D eigenvalue weighted by molar-refractivity contribution is 0.147. The minimum Gasteiger partial charge on any atom is -0.368 e. The molecule has 0 bridgehead atoms. The number of para-hydroxylation sites is 4. The van der Waals surface area contributed by atoms with Gasteiger partial charge in [0, 0.05) is 59.8 Å². The summed E-state index contributed by atoms with van der Waals surface area (Å²) in [6.45, 7) is 4.33. The highest BCUT2D eigenvalue weighted by Gasteiger charge is 2.72. The quantitative estimate of drug-likeness (QED) is 0.216. The predicted octanol–water partition coefficient (Wildman–Crippen LogP) is 5.78. The predicted molar refractivity (Wildman–Crippen MR) is 209 cm³/mol. The standard InChI is InChI=1S/C44H50N8/c1-49-23-19-41(27-11-5-7-17-33(27)45-37(41)49)29-13-9-15-31-35(29)47-39-43(31,21-25-51(39)3)44-22-26-52(4)40(44)48-36-30(14-10-16-32(36)44)42-20-24-50(2)38(42)46-34-18-8-6-12-28(34)42/h5-18,37-40,45-48H,19-26H2,1-4H3/t37-,38+,39-,40-,41+,42+,43+,44+/m1/s1. The van der Waals surface area contributed by atoms with Gasteiger partial charge in [-0.05, 0) is 99.4 Å². The summed E-state index contributed by atoms with van der Waals surface area (Å²) in [5, 5.41) is 16.7. The number of hydrogen-bond acceptors (Lipinski definition) is 8. The van der Waals surface area contributed by atoms with E-state index in [2.05, 4.69) is 154 Å². The van der Waals surface area contributed by atoms with Crippen LogP contribution >= 0.6 is 0 Å². The molecule has 0 spiro atoms. The van der Waals surface area contributed by atoms with Crippen LogP contribution in [0.25, 0.3) is 0 Å². The van der Waals surface area contributed by atoms with E-state index < -0.39 is 0 Å².